The Balaban J connectivity index is 1.72. The van der Waals surface area contributed by atoms with Gasteiger partial charge >= 0.3 is 0 Å². The van der Waals surface area contributed by atoms with Crippen LogP contribution in [0.3, 0.4) is 0 Å². The highest BCUT2D eigenvalue weighted by atomic mass is 79.9. The van der Waals surface area contributed by atoms with Gasteiger partial charge in [0.05, 0.1) is 5.69 Å². The van der Waals surface area contributed by atoms with Crippen molar-refractivity contribution in [2.45, 2.75) is 20.5 Å². The fourth-order valence-corrected chi connectivity index (χ4v) is 3.18. The molecule has 0 fully saturated rings. The Morgan fingerprint density at radius 1 is 0.913 bits per heavy atom. The van der Waals surface area contributed by atoms with Crippen molar-refractivity contribution in [3.8, 4) is 16.9 Å². The van der Waals surface area contributed by atoms with E-state index in [9.17, 15) is 0 Å². The van der Waals surface area contributed by atoms with E-state index < -0.39 is 0 Å². The third kappa shape index (κ3) is 3.80. The normalized spacial score (nSPS) is 10.6. The van der Waals surface area contributed by atoms with Gasteiger partial charge in [-0.1, -0.05) is 54.6 Å². The molecule has 0 N–H and O–H groups in total. The summed E-state index contributed by atoms with van der Waals surface area (Å²) in [6, 6.07) is 20.8. The Labute approximate surface area is 145 Å². The average molecular weight is 368 g/mol. The summed E-state index contributed by atoms with van der Waals surface area (Å²) in [5, 5.41) is 0. The van der Waals surface area contributed by atoms with E-state index in [0.29, 0.717) is 6.61 Å². The number of ether oxygens (including phenoxy) is 1. The van der Waals surface area contributed by atoms with E-state index in [1.165, 1.54) is 11.1 Å². The Bertz CT molecular complexity index is 775. The second-order valence-electron chi connectivity index (χ2n) is 5.53. The van der Waals surface area contributed by atoms with Gasteiger partial charge in [0.2, 0.25) is 0 Å². The highest BCUT2D eigenvalue weighted by Gasteiger charge is 2.07. The van der Waals surface area contributed by atoms with Crippen LogP contribution in [-0.4, -0.2) is 4.98 Å². The molecule has 1 heterocycles. The van der Waals surface area contributed by atoms with E-state index in [1.807, 2.05) is 26.0 Å². The van der Waals surface area contributed by atoms with Crippen molar-refractivity contribution in [1.29, 1.82) is 0 Å². The van der Waals surface area contributed by atoms with Crippen molar-refractivity contribution in [2.24, 2.45) is 0 Å². The number of halogens is 1. The van der Waals surface area contributed by atoms with E-state index >= 15 is 0 Å². The molecule has 3 aromatic rings. The largest absolute Gasteiger partial charge is 0.487 e. The molecule has 0 aliphatic heterocycles. The van der Waals surface area contributed by atoms with Crippen LogP contribution in [-0.2, 0) is 6.61 Å². The first-order valence-electron chi connectivity index (χ1n) is 7.54. The van der Waals surface area contributed by atoms with E-state index in [1.54, 1.807) is 0 Å². The Kier molecular flexibility index (Phi) is 4.77. The summed E-state index contributed by atoms with van der Waals surface area (Å²) in [5.41, 5.74) is 5.57. The van der Waals surface area contributed by atoms with Crippen molar-refractivity contribution in [3.05, 3.63) is 82.1 Å². The monoisotopic (exact) mass is 367 g/mol. The maximum absolute atomic E-state index is 5.97. The molecule has 0 bridgehead atoms. The molecule has 116 valence electrons. The lowest BCUT2D eigenvalue weighted by atomic mass is 10.0. The van der Waals surface area contributed by atoms with Gasteiger partial charge in [-0.25, -0.2) is 4.98 Å². The molecule has 0 spiro atoms. The molecule has 3 heteroatoms. The number of benzene rings is 2. The minimum Gasteiger partial charge on any atom is -0.487 e. The Morgan fingerprint density at radius 2 is 1.57 bits per heavy atom. The molecule has 3 rings (SSSR count). The third-order valence-corrected chi connectivity index (χ3v) is 4.15. The third-order valence-electron chi connectivity index (χ3n) is 3.74. The second-order valence-corrected chi connectivity index (χ2v) is 6.34. The summed E-state index contributed by atoms with van der Waals surface area (Å²) >= 11 is 3.41. The zero-order chi connectivity index (χ0) is 16.2. The average Bonchev–Trinajstić information content (AvgIpc) is 2.55. The fraction of sp³-hybridized carbons (Fsp3) is 0.150. The van der Waals surface area contributed by atoms with Gasteiger partial charge < -0.3 is 4.74 Å². The first-order valence-corrected chi connectivity index (χ1v) is 8.33. The molecule has 0 aliphatic carbocycles. The lowest BCUT2D eigenvalue weighted by Gasteiger charge is -2.12. The van der Waals surface area contributed by atoms with Crippen LogP contribution in [0.2, 0.25) is 0 Å². The number of hydrogen-bond acceptors (Lipinski definition) is 2. The highest BCUT2D eigenvalue weighted by molar-refractivity contribution is 9.10. The number of aryl methyl sites for hydroxylation is 2. The molecule has 23 heavy (non-hydrogen) atoms. The number of pyridine rings is 1. The lowest BCUT2D eigenvalue weighted by molar-refractivity contribution is 0.300. The molecule has 0 saturated heterocycles. The minimum atomic E-state index is 0.542. The molecule has 1 aromatic heterocycles. The molecule has 2 nitrogen and oxygen atoms in total. The standard InChI is InChI=1S/C20H18BrNO/c1-14-12-19(21)22-15(2)20(14)23-13-16-8-10-18(11-9-16)17-6-4-3-5-7-17/h3-12H,13H2,1-2H3. The van der Waals surface area contributed by atoms with Crippen molar-refractivity contribution >= 4 is 15.9 Å². The first-order chi connectivity index (χ1) is 11.1. The Hall–Kier alpha value is -2.13. The van der Waals surface area contributed by atoms with Crippen LogP contribution in [0.15, 0.2) is 65.3 Å². The van der Waals surface area contributed by atoms with Crippen molar-refractivity contribution in [1.82, 2.24) is 4.98 Å². The van der Waals surface area contributed by atoms with Gasteiger partial charge in [-0.2, -0.15) is 0 Å². The molecular weight excluding hydrogens is 350 g/mol. The van der Waals surface area contributed by atoms with Gasteiger partial charge in [0.1, 0.15) is 17.0 Å². The Morgan fingerprint density at radius 3 is 2.22 bits per heavy atom. The van der Waals surface area contributed by atoms with Gasteiger partial charge in [-0.3, -0.25) is 0 Å². The fourth-order valence-electron chi connectivity index (χ4n) is 2.57. The maximum atomic E-state index is 5.97. The van der Waals surface area contributed by atoms with Crippen LogP contribution in [0.5, 0.6) is 5.75 Å². The lowest BCUT2D eigenvalue weighted by Crippen LogP contribution is -2.00. The first kappa shape index (κ1) is 15.8. The van der Waals surface area contributed by atoms with Crippen LogP contribution in [0.4, 0.5) is 0 Å². The zero-order valence-corrected chi connectivity index (χ0v) is 14.8. The number of hydrogen-bond donors (Lipinski definition) is 0. The van der Waals surface area contributed by atoms with Crippen molar-refractivity contribution in [3.63, 3.8) is 0 Å². The van der Waals surface area contributed by atoms with Crippen LogP contribution >= 0.6 is 15.9 Å². The molecule has 0 unspecified atom stereocenters. The van der Waals surface area contributed by atoms with Gasteiger partial charge in [-0.15, -0.1) is 0 Å². The quantitative estimate of drug-likeness (QED) is 0.551. The summed E-state index contributed by atoms with van der Waals surface area (Å²) in [7, 11) is 0. The van der Waals surface area contributed by atoms with Crippen molar-refractivity contribution < 1.29 is 4.74 Å². The second kappa shape index (κ2) is 6.97. The molecule has 0 radical (unpaired) electrons. The van der Waals surface area contributed by atoms with E-state index in [-0.39, 0.29) is 0 Å². The predicted octanol–water partition coefficient (Wildman–Crippen LogP) is 5.71. The van der Waals surface area contributed by atoms with Crippen LogP contribution in [0.25, 0.3) is 11.1 Å². The predicted molar refractivity (Wildman–Crippen MR) is 97.6 cm³/mol. The van der Waals surface area contributed by atoms with Gasteiger partial charge in [-0.05, 0) is 58.1 Å². The molecular formula is C20H18BrNO. The summed E-state index contributed by atoms with van der Waals surface area (Å²) in [5.74, 6) is 0.861. The molecule has 0 amide bonds. The van der Waals surface area contributed by atoms with Crippen LogP contribution < -0.4 is 4.74 Å². The smallest absolute Gasteiger partial charge is 0.143 e. The molecule has 0 atom stereocenters. The highest BCUT2D eigenvalue weighted by Crippen LogP contribution is 2.26. The summed E-state index contributed by atoms with van der Waals surface area (Å²) in [4.78, 5) is 4.39. The van der Waals surface area contributed by atoms with E-state index in [2.05, 4.69) is 69.4 Å². The maximum Gasteiger partial charge on any atom is 0.143 e. The molecule has 2 aromatic carbocycles. The van der Waals surface area contributed by atoms with E-state index in [0.717, 1.165) is 27.2 Å². The summed E-state index contributed by atoms with van der Waals surface area (Å²) < 4.78 is 6.81. The topological polar surface area (TPSA) is 22.1 Å². The zero-order valence-electron chi connectivity index (χ0n) is 13.2. The number of nitrogens with zero attached hydrogens (tertiary/aromatic N) is 1. The summed E-state index contributed by atoms with van der Waals surface area (Å²) in [6.45, 7) is 4.54. The van der Waals surface area contributed by atoms with Crippen LogP contribution in [0.1, 0.15) is 16.8 Å². The summed E-state index contributed by atoms with van der Waals surface area (Å²) in [6.07, 6.45) is 0. The van der Waals surface area contributed by atoms with Crippen molar-refractivity contribution in [2.75, 3.05) is 0 Å². The number of aromatic nitrogens is 1. The van der Waals surface area contributed by atoms with Gasteiger partial charge in [0, 0.05) is 0 Å². The number of rotatable bonds is 4. The molecule has 0 aliphatic rings. The van der Waals surface area contributed by atoms with Gasteiger partial charge in [0.25, 0.3) is 0 Å². The minimum absolute atomic E-state index is 0.542. The SMILES string of the molecule is Cc1cc(Br)nc(C)c1OCc1ccc(-c2ccccc2)cc1. The molecule has 0 saturated carbocycles. The van der Waals surface area contributed by atoms with Crippen LogP contribution in [0, 0.1) is 13.8 Å². The van der Waals surface area contributed by atoms with Gasteiger partial charge in [0.15, 0.2) is 0 Å². The van der Waals surface area contributed by atoms with E-state index in [4.69, 9.17) is 4.74 Å².